The van der Waals surface area contributed by atoms with Crippen molar-refractivity contribution < 1.29 is 14.7 Å². The Hall–Kier alpha value is -1.49. The molecule has 2 unspecified atom stereocenters. The Morgan fingerprint density at radius 3 is 2.79 bits per heavy atom. The lowest BCUT2D eigenvalue weighted by Crippen LogP contribution is -2.44. The van der Waals surface area contributed by atoms with E-state index in [1.165, 1.54) is 18.9 Å². The lowest BCUT2D eigenvalue weighted by Gasteiger charge is -2.26. The standard InChI is InChI=1S/C14H17NO3S/c1-14(13(17)18,12(16)15-2)7-9-8-19-11-6-4-3-5-10(9)11/h3-6,9H,7-8H2,1-2H3,(H,15,16)(H,17,18). The summed E-state index contributed by atoms with van der Waals surface area (Å²) in [7, 11) is 1.47. The highest BCUT2D eigenvalue weighted by Crippen LogP contribution is 2.44. The van der Waals surface area contributed by atoms with Crippen molar-refractivity contribution in [1.29, 1.82) is 0 Å². The summed E-state index contributed by atoms with van der Waals surface area (Å²) in [5.74, 6) is -0.561. The van der Waals surface area contributed by atoms with Gasteiger partial charge in [0.25, 0.3) is 0 Å². The molecule has 0 radical (unpaired) electrons. The van der Waals surface area contributed by atoms with E-state index in [1.807, 2.05) is 24.3 Å². The largest absolute Gasteiger partial charge is 0.480 e. The summed E-state index contributed by atoms with van der Waals surface area (Å²) < 4.78 is 0. The zero-order valence-corrected chi connectivity index (χ0v) is 11.8. The first kappa shape index (κ1) is 13.9. The predicted molar refractivity (Wildman–Crippen MR) is 74.3 cm³/mol. The van der Waals surface area contributed by atoms with Crippen LogP contribution in [0.1, 0.15) is 24.8 Å². The molecule has 1 aliphatic rings. The van der Waals surface area contributed by atoms with Crippen LogP contribution in [0, 0.1) is 5.41 Å². The molecule has 1 aliphatic heterocycles. The minimum Gasteiger partial charge on any atom is -0.480 e. The number of carboxylic acid groups (broad SMARTS) is 1. The quantitative estimate of drug-likeness (QED) is 0.828. The van der Waals surface area contributed by atoms with E-state index in [-0.39, 0.29) is 5.92 Å². The molecule has 1 heterocycles. The molecular weight excluding hydrogens is 262 g/mol. The number of carboxylic acids is 1. The molecule has 1 aromatic rings. The summed E-state index contributed by atoms with van der Waals surface area (Å²) in [4.78, 5) is 24.5. The van der Waals surface area contributed by atoms with Crippen LogP contribution in [0.3, 0.4) is 0 Å². The average Bonchev–Trinajstić information content (AvgIpc) is 2.81. The molecule has 0 saturated carbocycles. The zero-order chi connectivity index (χ0) is 14.0. The van der Waals surface area contributed by atoms with E-state index in [1.54, 1.807) is 11.8 Å². The summed E-state index contributed by atoms with van der Waals surface area (Å²) in [6.45, 7) is 1.50. The Morgan fingerprint density at radius 2 is 2.16 bits per heavy atom. The van der Waals surface area contributed by atoms with E-state index in [4.69, 9.17) is 0 Å². The molecule has 0 fully saturated rings. The van der Waals surface area contributed by atoms with Gasteiger partial charge in [-0.1, -0.05) is 18.2 Å². The summed E-state index contributed by atoms with van der Waals surface area (Å²) >= 11 is 1.72. The van der Waals surface area contributed by atoms with Crippen molar-refractivity contribution >= 4 is 23.6 Å². The van der Waals surface area contributed by atoms with Gasteiger partial charge in [-0.3, -0.25) is 9.59 Å². The molecule has 2 atom stereocenters. The number of carbonyl (C=O) groups is 2. The van der Waals surface area contributed by atoms with Gasteiger partial charge in [-0.25, -0.2) is 0 Å². The van der Waals surface area contributed by atoms with Crippen LogP contribution in [0.2, 0.25) is 0 Å². The van der Waals surface area contributed by atoms with Gasteiger partial charge in [-0.2, -0.15) is 0 Å². The highest BCUT2D eigenvalue weighted by molar-refractivity contribution is 7.99. The molecule has 0 aliphatic carbocycles. The Balaban J connectivity index is 2.25. The first-order valence-electron chi connectivity index (χ1n) is 6.16. The molecule has 5 heteroatoms. The number of nitrogens with one attached hydrogen (secondary N) is 1. The highest BCUT2D eigenvalue weighted by atomic mass is 32.2. The molecule has 0 spiro atoms. The van der Waals surface area contributed by atoms with Gasteiger partial charge < -0.3 is 10.4 Å². The number of fused-ring (bicyclic) bond motifs is 1. The predicted octanol–water partition coefficient (Wildman–Crippen LogP) is 2.10. The normalized spacial score (nSPS) is 20.4. The first-order chi connectivity index (χ1) is 8.99. The number of thioether (sulfide) groups is 1. The number of hydrogen-bond acceptors (Lipinski definition) is 3. The third-order valence-electron chi connectivity index (χ3n) is 3.65. The van der Waals surface area contributed by atoms with Crippen LogP contribution >= 0.6 is 11.8 Å². The van der Waals surface area contributed by atoms with Gasteiger partial charge in [0.2, 0.25) is 5.91 Å². The highest BCUT2D eigenvalue weighted by Gasteiger charge is 2.44. The number of amides is 1. The molecule has 0 saturated heterocycles. The van der Waals surface area contributed by atoms with Gasteiger partial charge in [-0.05, 0) is 30.9 Å². The Kier molecular flexibility index (Phi) is 3.85. The fourth-order valence-electron chi connectivity index (χ4n) is 2.44. The van der Waals surface area contributed by atoms with E-state index in [0.29, 0.717) is 6.42 Å². The van der Waals surface area contributed by atoms with Crippen LogP contribution in [-0.2, 0) is 9.59 Å². The van der Waals surface area contributed by atoms with Crippen molar-refractivity contribution in [1.82, 2.24) is 5.32 Å². The lowest BCUT2D eigenvalue weighted by atomic mass is 9.78. The number of rotatable bonds is 4. The van der Waals surface area contributed by atoms with Gasteiger partial charge in [0, 0.05) is 17.7 Å². The SMILES string of the molecule is CNC(=O)C(C)(CC1CSc2ccccc21)C(=O)O. The van der Waals surface area contributed by atoms with Crippen LogP contribution in [0.15, 0.2) is 29.2 Å². The number of carbonyl (C=O) groups excluding carboxylic acids is 1. The molecule has 4 nitrogen and oxygen atoms in total. The summed E-state index contributed by atoms with van der Waals surface area (Å²) in [5, 5.41) is 11.8. The second-order valence-corrected chi connectivity index (χ2v) is 6.03. The molecule has 19 heavy (non-hydrogen) atoms. The van der Waals surface area contributed by atoms with E-state index in [9.17, 15) is 14.7 Å². The third kappa shape index (κ3) is 2.47. The van der Waals surface area contributed by atoms with E-state index in [2.05, 4.69) is 5.32 Å². The molecule has 102 valence electrons. The van der Waals surface area contributed by atoms with Crippen LogP contribution in [0.5, 0.6) is 0 Å². The van der Waals surface area contributed by atoms with E-state index < -0.39 is 17.3 Å². The van der Waals surface area contributed by atoms with Gasteiger partial charge in [0.05, 0.1) is 0 Å². The Bertz CT molecular complexity index is 517. The van der Waals surface area contributed by atoms with Gasteiger partial charge in [0.1, 0.15) is 5.41 Å². The Labute approximate surface area is 116 Å². The van der Waals surface area contributed by atoms with Gasteiger partial charge in [0.15, 0.2) is 0 Å². The fraction of sp³-hybridized carbons (Fsp3) is 0.429. The minimum atomic E-state index is -1.38. The summed E-state index contributed by atoms with van der Waals surface area (Å²) in [6, 6.07) is 7.99. The maximum Gasteiger partial charge on any atom is 0.318 e. The molecule has 0 aromatic heterocycles. The molecule has 0 bridgehead atoms. The second-order valence-electron chi connectivity index (χ2n) is 4.97. The summed E-state index contributed by atoms with van der Waals surface area (Å²) in [6.07, 6.45) is 0.325. The third-order valence-corrected chi connectivity index (χ3v) is 4.91. The maximum atomic E-state index is 11.9. The molecular formula is C14H17NO3S. The molecule has 2 N–H and O–H groups in total. The molecule has 1 amide bonds. The minimum absolute atomic E-state index is 0.111. The first-order valence-corrected chi connectivity index (χ1v) is 7.15. The van der Waals surface area contributed by atoms with Crippen molar-refractivity contribution in [2.75, 3.05) is 12.8 Å². The lowest BCUT2D eigenvalue weighted by molar-refractivity contribution is -0.155. The van der Waals surface area contributed by atoms with Crippen molar-refractivity contribution in [3.05, 3.63) is 29.8 Å². The van der Waals surface area contributed by atoms with Crippen molar-refractivity contribution in [3.63, 3.8) is 0 Å². The van der Waals surface area contributed by atoms with E-state index >= 15 is 0 Å². The number of hydrogen-bond donors (Lipinski definition) is 2. The van der Waals surface area contributed by atoms with Crippen LogP contribution in [0.25, 0.3) is 0 Å². The topological polar surface area (TPSA) is 66.4 Å². The maximum absolute atomic E-state index is 11.9. The average molecular weight is 279 g/mol. The van der Waals surface area contributed by atoms with Crippen molar-refractivity contribution in [2.45, 2.75) is 24.2 Å². The Morgan fingerprint density at radius 1 is 1.47 bits per heavy atom. The second kappa shape index (κ2) is 5.25. The number of benzene rings is 1. The van der Waals surface area contributed by atoms with Crippen LogP contribution < -0.4 is 5.32 Å². The molecule has 1 aromatic carbocycles. The van der Waals surface area contributed by atoms with Gasteiger partial charge >= 0.3 is 5.97 Å². The molecule has 2 rings (SSSR count). The zero-order valence-electron chi connectivity index (χ0n) is 11.0. The fourth-order valence-corrected chi connectivity index (χ4v) is 3.70. The van der Waals surface area contributed by atoms with Gasteiger partial charge in [-0.15, -0.1) is 11.8 Å². The van der Waals surface area contributed by atoms with E-state index in [0.717, 1.165) is 11.3 Å². The monoisotopic (exact) mass is 279 g/mol. The number of aliphatic carboxylic acids is 1. The summed E-state index contributed by atoms with van der Waals surface area (Å²) in [5.41, 5.74) is -0.221. The van der Waals surface area contributed by atoms with Crippen LogP contribution in [-0.4, -0.2) is 29.8 Å². The van der Waals surface area contributed by atoms with Crippen molar-refractivity contribution in [2.24, 2.45) is 5.41 Å². The smallest absolute Gasteiger partial charge is 0.318 e. The van der Waals surface area contributed by atoms with Crippen molar-refractivity contribution in [3.8, 4) is 0 Å². The van der Waals surface area contributed by atoms with Crippen LogP contribution in [0.4, 0.5) is 0 Å².